The van der Waals surface area contributed by atoms with Gasteiger partial charge in [0.2, 0.25) is 11.8 Å². The highest BCUT2D eigenvalue weighted by Crippen LogP contribution is 2.30. The Balaban J connectivity index is 1.90. The number of rotatable bonds is 1. The Bertz CT molecular complexity index is 612. The van der Waals surface area contributed by atoms with Crippen LogP contribution in [0.25, 0.3) is 0 Å². The maximum atomic E-state index is 12.4. The lowest BCUT2D eigenvalue weighted by Gasteiger charge is -2.24. The summed E-state index contributed by atoms with van der Waals surface area (Å²) in [5.74, 6) is -0.902. The molecule has 3 N–H and O–H groups in total. The van der Waals surface area contributed by atoms with Gasteiger partial charge in [0.25, 0.3) is 5.91 Å². The third kappa shape index (κ3) is 1.93. The molecule has 0 spiro atoms. The van der Waals surface area contributed by atoms with Crippen molar-refractivity contribution >= 4 is 23.4 Å². The minimum absolute atomic E-state index is 0.229. The number of nitrogens with two attached hydrogens (primary N) is 1. The third-order valence-electron chi connectivity index (χ3n) is 3.82. The first-order chi connectivity index (χ1) is 9.58. The SMILES string of the molecule is Nc1cccc2c1C(=O)N(C1CCCC(=O)NC1=O)C2. The Morgan fingerprint density at radius 2 is 2.05 bits per heavy atom. The van der Waals surface area contributed by atoms with Gasteiger partial charge in [-0.25, -0.2) is 0 Å². The highest BCUT2D eigenvalue weighted by molar-refractivity contribution is 6.06. The number of fused-ring (bicyclic) bond motifs is 1. The van der Waals surface area contributed by atoms with Gasteiger partial charge in [0.15, 0.2) is 0 Å². The normalized spacial score (nSPS) is 22.5. The molecule has 2 aliphatic heterocycles. The smallest absolute Gasteiger partial charge is 0.257 e. The predicted molar refractivity (Wildman–Crippen MR) is 71.5 cm³/mol. The van der Waals surface area contributed by atoms with Gasteiger partial charge in [0.05, 0.1) is 5.56 Å². The largest absolute Gasteiger partial charge is 0.398 e. The maximum Gasteiger partial charge on any atom is 0.257 e. The molecule has 1 aromatic carbocycles. The molecule has 0 aliphatic carbocycles. The van der Waals surface area contributed by atoms with Crippen LogP contribution in [0.1, 0.15) is 35.2 Å². The number of nitrogen functional groups attached to an aromatic ring is 1. The van der Waals surface area contributed by atoms with E-state index in [1.165, 1.54) is 4.90 Å². The number of hydrogen-bond acceptors (Lipinski definition) is 4. The molecule has 3 amide bonds. The first kappa shape index (κ1) is 12.7. The molecular weight excluding hydrogens is 258 g/mol. The highest BCUT2D eigenvalue weighted by Gasteiger charge is 2.38. The predicted octanol–water partition coefficient (Wildman–Crippen LogP) is 0.420. The highest BCUT2D eigenvalue weighted by atomic mass is 16.2. The molecule has 20 heavy (non-hydrogen) atoms. The van der Waals surface area contributed by atoms with Gasteiger partial charge in [-0.1, -0.05) is 12.1 Å². The number of carbonyl (C=O) groups is 3. The van der Waals surface area contributed by atoms with E-state index in [1.54, 1.807) is 12.1 Å². The molecule has 0 radical (unpaired) electrons. The molecule has 3 rings (SSSR count). The Morgan fingerprint density at radius 3 is 2.80 bits per heavy atom. The first-order valence-corrected chi connectivity index (χ1v) is 6.60. The molecule has 0 saturated carbocycles. The van der Waals surface area contributed by atoms with Crippen molar-refractivity contribution < 1.29 is 14.4 Å². The molecule has 2 heterocycles. The molecule has 1 atom stereocenters. The van der Waals surface area contributed by atoms with Crippen molar-refractivity contribution in [2.24, 2.45) is 0 Å². The molecule has 1 saturated heterocycles. The third-order valence-corrected chi connectivity index (χ3v) is 3.82. The Kier molecular flexibility index (Phi) is 2.93. The maximum absolute atomic E-state index is 12.4. The van der Waals surface area contributed by atoms with E-state index in [2.05, 4.69) is 5.32 Å². The second-order valence-corrected chi connectivity index (χ2v) is 5.13. The number of nitrogens with zero attached hydrogens (tertiary/aromatic N) is 1. The second-order valence-electron chi connectivity index (χ2n) is 5.13. The van der Waals surface area contributed by atoms with Crippen molar-refractivity contribution in [1.82, 2.24) is 10.2 Å². The zero-order chi connectivity index (χ0) is 14.3. The minimum Gasteiger partial charge on any atom is -0.398 e. The van der Waals surface area contributed by atoms with Crippen LogP contribution in [0.4, 0.5) is 5.69 Å². The summed E-state index contributed by atoms with van der Waals surface area (Å²) in [6.45, 7) is 0.367. The van der Waals surface area contributed by atoms with Gasteiger partial charge in [-0.2, -0.15) is 0 Å². The monoisotopic (exact) mass is 273 g/mol. The Labute approximate surface area is 115 Å². The van der Waals surface area contributed by atoms with Crippen LogP contribution in [0.3, 0.4) is 0 Å². The van der Waals surface area contributed by atoms with Crippen LogP contribution >= 0.6 is 0 Å². The van der Waals surface area contributed by atoms with E-state index in [0.717, 1.165) is 5.56 Å². The van der Waals surface area contributed by atoms with E-state index >= 15 is 0 Å². The lowest BCUT2D eigenvalue weighted by atomic mass is 10.1. The van der Waals surface area contributed by atoms with E-state index in [0.29, 0.717) is 37.1 Å². The van der Waals surface area contributed by atoms with E-state index in [9.17, 15) is 14.4 Å². The number of imide groups is 1. The van der Waals surface area contributed by atoms with Gasteiger partial charge < -0.3 is 10.6 Å². The number of hydrogen-bond donors (Lipinski definition) is 2. The lowest BCUT2D eigenvalue weighted by Crippen LogP contribution is -2.47. The van der Waals surface area contributed by atoms with Crippen molar-refractivity contribution in [3.05, 3.63) is 29.3 Å². The molecule has 2 aliphatic rings. The van der Waals surface area contributed by atoms with Gasteiger partial charge in [-0.15, -0.1) is 0 Å². The molecule has 6 nitrogen and oxygen atoms in total. The molecule has 104 valence electrons. The van der Waals surface area contributed by atoms with Gasteiger partial charge >= 0.3 is 0 Å². The van der Waals surface area contributed by atoms with Crippen molar-refractivity contribution in [3.63, 3.8) is 0 Å². The number of nitrogens with one attached hydrogen (secondary N) is 1. The molecule has 6 heteroatoms. The van der Waals surface area contributed by atoms with E-state index < -0.39 is 11.9 Å². The van der Waals surface area contributed by atoms with Crippen LogP contribution < -0.4 is 11.1 Å². The Hall–Kier alpha value is -2.37. The van der Waals surface area contributed by atoms with Crippen molar-refractivity contribution in [2.45, 2.75) is 31.8 Å². The van der Waals surface area contributed by atoms with E-state index in [-0.39, 0.29) is 11.8 Å². The zero-order valence-electron chi connectivity index (χ0n) is 10.9. The van der Waals surface area contributed by atoms with Gasteiger partial charge in [0.1, 0.15) is 6.04 Å². The quantitative estimate of drug-likeness (QED) is 0.573. The van der Waals surface area contributed by atoms with Gasteiger partial charge in [-0.3, -0.25) is 19.7 Å². The molecule has 0 aromatic heterocycles. The zero-order valence-corrected chi connectivity index (χ0v) is 10.9. The average molecular weight is 273 g/mol. The van der Waals surface area contributed by atoms with Crippen LogP contribution in [0, 0.1) is 0 Å². The number of benzene rings is 1. The molecule has 1 unspecified atom stereocenters. The molecule has 0 bridgehead atoms. The van der Waals surface area contributed by atoms with Crippen LogP contribution in [-0.4, -0.2) is 28.7 Å². The van der Waals surface area contributed by atoms with E-state index in [1.807, 2.05) is 6.07 Å². The summed E-state index contributed by atoms with van der Waals surface area (Å²) in [6.07, 6.45) is 1.41. The minimum atomic E-state index is -0.597. The summed E-state index contributed by atoms with van der Waals surface area (Å²) in [5, 5.41) is 2.33. The van der Waals surface area contributed by atoms with Crippen LogP contribution in [0.2, 0.25) is 0 Å². The second kappa shape index (κ2) is 4.63. The number of amides is 3. The summed E-state index contributed by atoms with van der Waals surface area (Å²) in [4.78, 5) is 37.3. The number of carbonyl (C=O) groups excluding carboxylic acids is 3. The van der Waals surface area contributed by atoms with Crippen molar-refractivity contribution in [3.8, 4) is 0 Å². The first-order valence-electron chi connectivity index (χ1n) is 6.60. The standard InChI is InChI=1S/C14H15N3O3/c15-9-4-1-3-8-7-17(14(20)12(8)9)10-5-2-6-11(18)16-13(10)19/h1,3-4,10H,2,5-7,15H2,(H,16,18,19). The summed E-state index contributed by atoms with van der Waals surface area (Å²) >= 11 is 0. The van der Waals surface area contributed by atoms with Gasteiger partial charge in [-0.05, 0) is 24.5 Å². The Morgan fingerprint density at radius 1 is 1.25 bits per heavy atom. The summed E-state index contributed by atoms with van der Waals surface area (Å²) in [7, 11) is 0. The van der Waals surface area contributed by atoms with Crippen LogP contribution in [0.15, 0.2) is 18.2 Å². The van der Waals surface area contributed by atoms with Crippen LogP contribution in [0.5, 0.6) is 0 Å². The summed E-state index contributed by atoms with van der Waals surface area (Å²) in [6, 6.07) is 4.71. The fourth-order valence-electron chi connectivity index (χ4n) is 2.83. The lowest BCUT2D eigenvalue weighted by molar-refractivity contribution is -0.132. The average Bonchev–Trinajstić information content (AvgIpc) is 2.63. The van der Waals surface area contributed by atoms with E-state index in [4.69, 9.17) is 5.73 Å². The molecule has 1 aromatic rings. The molecule has 1 fully saturated rings. The molecular formula is C14H15N3O3. The number of anilines is 1. The summed E-state index contributed by atoms with van der Waals surface area (Å²) < 4.78 is 0. The van der Waals surface area contributed by atoms with Gasteiger partial charge in [0, 0.05) is 18.7 Å². The topological polar surface area (TPSA) is 92.5 Å². The van der Waals surface area contributed by atoms with Crippen molar-refractivity contribution in [2.75, 3.05) is 5.73 Å². The van der Waals surface area contributed by atoms with Crippen molar-refractivity contribution in [1.29, 1.82) is 0 Å². The fraction of sp³-hybridized carbons (Fsp3) is 0.357. The fourth-order valence-corrected chi connectivity index (χ4v) is 2.83. The summed E-state index contributed by atoms with van der Waals surface area (Å²) in [5.41, 5.74) is 7.58. The van der Waals surface area contributed by atoms with Crippen LogP contribution in [-0.2, 0) is 16.1 Å².